The molecule has 5 rings (SSSR count). The first kappa shape index (κ1) is 26.4. The van der Waals surface area contributed by atoms with Gasteiger partial charge in [0.2, 0.25) is 5.76 Å². The number of fused-ring (bicyclic) bond motifs is 2. The van der Waals surface area contributed by atoms with Crippen LogP contribution in [0.5, 0.6) is 5.75 Å². The molecule has 7 nitrogen and oxygen atoms in total. The number of benzene rings is 2. The van der Waals surface area contributed by atoms with Crippen LogP contribution in [-0.2, 0) is 4.74 Å². The minimum Gasteiger partial charge on any atom is -0.494 e. The molecule has 0 radical (unpaired) electrons. The van der Waals surface area contributed by atoms with Crippen LogP contribution in [0.15, 0.2) is 45.6 Å². The summed E-state index contributed by atoms with van der Waals surface area (Å²) in [4.78, 5) is 31.7. The molecule has 1 unspecified atom stereocenters. The number of nitrogens with zero attached hydrogens (tertiary/aromatic N) is 2. The lowest BCUT2D eigenvalue weighted by molar-refractivity contribution is 0.0314. The predicted molar refractivity (Wildman–Crippen MR) is 148 cm³/mol. The van der Waals surface area contributed by atoms with Gasteiger partial charge >= 0.3 is 0 Å². The standard InChI is InChI=1S/C31H38N2O5/c1-4-5-6-7-16-37-24-10-8-23(9-11-24)28-27-29(34)25-19-21(2)22(3)20-26(25)38-30(27)31(35)33(28)13-12-32-14-17-36-18-15-32/h8-11,19-20,28H,4-7,12-18H2,1-3H3. The monoisotopic (exact) mass is 518 g/mol. The van der Waals surface area contributed by atoms with Crippen molar-refractivity contribution in [3.63, 3.8) is 0 Å². The van der Waals surface area contributed by atoms with Crippen LogP contribution in [0.25, 0.3) is 11.0 Å². The van der Waals surface area contributed by atoms with Gasteiger partial charge in [0.25, 0.3) is 5.91 Å². The van der Waals surface area contributed by atoms with Crippen molar-refractivity contribution in [3.8, 4) is 5.75 Å². The van der Waals surface area contributed by atoms with E-state index in [4.69, 9.17) is 13.9 Å². The van der Waals surface area contributed by atoms with Crippen LogP contribution >= 0.6 is 0 Å². The van der Waals surface area contributed by atoms with E-state index in [0.717, 1.165) is 48.4 Å². The van der Waals surface area contributed by atoms with Crippen LogP contribution in [0.3, 0.4) is 0 Å². The number of hydrogen-bond acceptors (Lipinski definition) is 6. The van der Waals surface area contributed by atoms with Crippen molar-refractivity contribution >= 4 is 16.9 Å². The maximum atomic E-state index is 13.9. The van der Waals surface area contributed by atoms with Crippen molar-refractivity contribution in [1.82, 2.24) is 9.80 Å². The molecule has 7 heteroatoms. The fourth-order valence-electron chi connectivity index (χ4n) is 5.39. The Morgan fingerprint density at radius 1 is 0.947 bits per heavy atom. The first-order valence-electron chi connectivity index (χ1n) is 13.9. The second-order valence-electron chi connectivity index (χ2n) is 10.4. The van der Waals surface area contributed by atoms with Crippen molar-refractivity contribution in [2.45, 2.75) is 52.5 Å². The molecule has 202 valence electrons. The summed E-state index contributed by atoms with van der Waals surface area (Å²) in [5, 5.41) is 0.520. The van der Waals surface area contributed by atoms with Gasteiger partial charge in [-0.15, -0.1) is 0 Å². The zero-order chi connectivity index (χ0) is 26.6. The average molecular weight is 519 g/mol. The fourth-order valence-corrected chi connectivity index (χ4v) is 5.39. The number of aryl methyl sites for hydroxylation is 2. The molecule has 2 aromatic carbocycles. The maximum Gasteiger partial charge on any atom is 0.290 e. The van der Waals surface area contributed by atoms with E-state index in [2.05, 4.69) is 11.8 Å². The van der Waals surface area contributed by atoms with Crippen LogP contribution in [0.4, 0.5) is 0 Å². The van der Waals surface area contributed by atoms with Crippen molar-refractivity contribution in [2.24, 2.45) is 0 Å². The second kappa shape index (κ2) is 11.7. The Morgan fingerprint density at radius 3 is 2.42 bits per heavy atom. The van der Waals surface area contributed by atoms with Gasteiger partial charge in [-0.2, -0.15) is 0 Å². The number of hydrogen-bond donors (Lipinski definition) is 0. The van der Waals surface area contributed by atoms with Gasteiger partial charge < -0.3 is 18.8 Å². The zero-order valence-corrected chi connectivity index (χ0v) is 22.8. The zero-order valence-electron chi connectivity index (χ0n) is 22.8. The summed E-state index contributed by atoms with van der Waals surface area (Å²) in [6.07, 6.45) is 4.60. The Kier molecular flexibility index (Phi) is 8.15. The first-order chi connectivity index (χ1) is 18.5. The number of ether oxygens (including phenoxy) is 2. The van der Waals surface area contributed by atoms with Gasteiger partial charge in [-0.05, 0) is 61.2 Å². The molecule has 0 N–H and O–H groups in total. The molecule has 0 saturated carbocycles. The molecule has 2 aliphatic heterocycles. The summed E-state index contributed by atoms with van der Waals surface area (Å²) < 4.78 is 17.6. The number of rotatable bonds is 10. The lowest BCUT2D eigenvalue weighted by atomic mass is 9.97. The highest BCUT2D eigenvalue weighted by Gasteiger charge is 2.42. The maximum absolute atomic E-state index is 13.9. The van der Waals surface area contributed by atoms with E-state index >= 15 is 0 Å². The predicted octanol–water partition coefficient (Wildman–Crippen LogP) is 5.25. The summed E-state index contributed by atoms with van der Waals surface area (Å²) in [6, 6.07) is 11.1. The Balaban J connectivity index is 1.47. The summed E-state index contributed by atoms with van der Waals surface area (Å²) in [5.74, 6) is 0.729. The SMILES string of the molecule is CCCCCCOc1ccc(C2c3c(oc4cc(C)c(C)cc4c3=O)C(=O)N2CCN2CCOCC2)cc1. The van der Waals surface area contributed by atoms with Gasteiger partial charge in [0.15, 0.2) is 5.43 Å². The topological polar surface area (TPSA) is 72.2 Å². The third kappa shape index (κ3) is 5.36. The summed E-state index contributed by atoms with van der Waals surface area (Å²) in [7, 11) is 0. The third-order valence-corrected chi connectivity index (χ3v) is 7.81. The lowest BCUT2D eigenvalue weighted by Gasteiger charge is -2.31. The Morgan fingerprint density at radius 2 is 1.68 bits per heavy atom. The number of carbonyl (C=O) groups excluding carboxylic acids is 1. The molecule has 1 atom stereocenters. The fraction of sp³-hybridized carbons (Fsp3) is 0.484. The lowest BCUT2D eigenvalue weighted by Crippen LogP contribution is -2.42. The molecule has 1 saturated heterocycles. The van der Waals surface area contributed by atoms with Crippen molar-refractivity contribution < 1.29 is 18.7 Å². The van der Waals surface area contributed by atoms with E-state index in [1.54, 1.807) is 4.90 Å². The average Bonchev–Trinajstić information content (AvgIpc) is 3.21. The van der Waals surface area contributed by atoms with Crippen molar-refractivity contribution in [1.29, 1.82) is 0 Å². The molecule has 1 fully saturated rings. The van der Waals surface area contributed by atoms with E-state index in [-0.39, 0.29) is 17.1 Å². The normalized spacial score (nSPS) is 17.8. The van der Waals surface area contributed by atoms with Crippen LogP contribution in [0, 0.1) is 13.8 Å². The highest BCUT2D eigenvalue weighted by Crippen LogP contribution is 2.38. The molecule has 38 heavy (non-hydrogen) atoms. The molecule has 1 aromatic heterocycles. The largest absolute Gasteiger partial charge is 0.494 e. The summed E-state index contributed by atoms with van der Waals surface area (Å²) >= 11 is 0. The second-order valence-corrected chi connectivity index (χ2v) is 10.4. The van der Waals surface area contributed by atoms with E-state index in [1.807, 2.05) is 50.2 Å². The highest BCUT2D eigenvalue weighted by molar-refractivity contribution is 5.99. The van der Waals surface area contributed by atoms with Gasteiger partial charge in [-0.1, -0.05) is 38.3 Å². The van der Waals surface area contributed by atoms with Gasteiger partial charge in [-0.25, -0.2) is 0 Å². The number of amides is 1. The molecule has 1 amide bonds. The van der Waals surface area contributed by atoms with Crippen LogP contribution in [0.2, 0.25) is 0 Å². The van der Waals surface area contributed by atoms with E-state index in [1.165, 1.54) is 12.8 Å². The Hall–Kier alpha value is -3.16. The molecule has 0 spiro atoms. The van der Waals surface area contributed by atoms with Crippen LogP contribution < -0.4 is 10.2 Å². The van der Waals surface area contributed by atoms with Crippen LogP contribution in [0.1, 0.15) is 71.5 Å². The molecule has 2 aliphatic rings. The number of morpholine rings is 1. The highest BCUT2D eigenvalue weighted by atomic mass is 16.5. The number of unbranched alkanes of at least 4 members (excludes halogenated alkanes) is 3. The van der Waals surface area contributed by atoms with E-state index < -0.39 is 6.04 Å². The minimum absolute atomic E-state index is 0.132. The van der Waals surface area contributed by atoms with Gasteiger partial charge in [-0.3, -0.25) is 14.5 Å². The summed E-state index contributed by atoms with van der Waals surface area (Å²) in [5.41, 5.74) is 3.69. The molecule has 0 bridgehead atoms. The van der Waals surface area contributed by atoms with Crippen molar-refractivity contribution in [2.75, 3.05) is 46.0 Å². The molecule has 3 aromatic rings. The molecular formula is C31H38N2O5. The third-order valence-electron chi connectivity index (χ3n) is 7.81. The van der Waals surface area contributed by atoms with Gasteiger partial charge in [0.05, 0.1) is 36.8 Å². The van der Waals surface area contributed by atoms with Gasteiger partial charge in [0, 0.05) is 26.2 Å². The first-order valence-corrected chi connectivity index (χ1v) is 13.9. The Bertz CT molecular complexity index is 1340. The van der Waals surface area contributed by atoms with E-state index in [9.17, 15) is 9.59 Å². The van der Waals surface area contributed by atoms with Gasteiger partial charge in [0.1, 0.15) is 11.3 Å². The number of carbonyl (C=O) groups is 1. The Labute approximate surface area is 224 Å². The molecule has 0 aliphatic carbocycles. The molecule has 3 heterocycles. The summed E-state index contributed by atoms with van der Waals surface area (Å²) in [6.45, 7) is 11.1. The van der Waals surface area contributed by atoms with E-state index in [0.29, 0.717) is 49.4 Å². The smallest absolute Gasteiger partial charge is 0.290 e. The minimum atomic E-state index is -0.501. The van der Waals surface area contributed by atoms with Crippen LogP contribution in [-0.4, -0.2) is 61.7 Å². The quantitative estimate of drug-likeness (QED) is 0.342. The van der Waals surface area contributed by atoms with Crippen molar-refractivity contribution in [3.05, 3.63) is 74.6 Å². The molecular weight excluding hydrogens is 480 g/mol.